The van der Waals surface area contributed by atoms with E-state index in [1.54, 1.807) is 0 Å². The number of hydrogen-bond acceptors (Lipinski definition) is 6. The molecule has 0 N–H and O–H groups in total. The molecular weight excluding hydrogens is 268 g/mol. The van der Waals surface area contributed by atoms with Crippen LogP contribution in [0.2, 0.25) is 0 Å². The molecule has 8 heteroatoms. The van der Waals surface area contributed by atoms with Gasteiger partial charge in [-0.15, -0.1) is 0 Å². The summed E-state index contributed by atoms with van der Waals surface area (Å²) in [6.45, 7) is 0.218. The van der Waals surface area contributed by atoms with Gasteiger partial charge in [-0.25, -0.2) is 4.21 Å². The van der Waals surface area contributed by atoms with E-state index in [4.69, 9.17) is 8.92 Å². The molecular formula is C9H18O6S2. The summed E-state index contributed by atoms with van der Waals surface area (Å²) in [5.74, 6) is 3.37. The lowest BCUT2D eigenvalue weighted by atomic mass is 10.2. The monoisotopic (exact) mass is 286 g/mol. The molecule has 1 saturated heterocycles. The summed E-state index contributed by atoms with van der Waals surface area (Å²) in [5.41, 5.74) is 0. The third kappa shape index (κ3) is 6.99. The Kier molecular flexibility index (Phi) is 4.96. The maximum atomic E-state index is 11.2. The summed E-state index contributed by atoms with van der Waals surface area (Å²) in [6, 6.07) is 0. The van der Waals surface area contributed by atoms with Crippen molar-refractivity contribution in [1.29, 1.82) is 0 Å². The van der Waals surface area contributed by atoms with Gasteiger partial charge >= 0.3 is 0 Å². The molecule has 1 heterocycles. The standard InChI is InChI=1S/C9H18O6S2/c1-16(2,10)13-6-8-4-5-9(15-8)7-14-17(3,11)12/h8-9H,1,4-7H2,2-3H3. The molecule has 0 bridgehead atoms. The quantitative estimate of drug-likeness (QED) is 0.496. The van der Waals surface area contributed by atoms with Gasteiger partial charge < -0.3 is 4.74 Å². The third-order valence-electron chi connectivity index (χ3n) is 2.17. The van der Waals surface area contributed by atoms with Crippen LogP contribution in [0.4, 0.5) is 0 Å². The Labute approximate surface area is 103 Å². The van der Waals surface area contributed by atoms with Crippen LogP contribution in [-0.2, 0) is 33.0 Å². The number of ether oxygens (including phenoxy) is 1. The highest BCUT2D eigenvalue weighted by atomic mass is 32.2. The summed E-state index contributed by atoms with van der Waals surface area (Å²) in [6.07, 6.45) is 3.41. The first kappa shape index (κ1) is 14.9. The van der Waals surface area contributed by atoms with Crippen LogP contribution >= 0.6 is 0 Å². The van der Waals surface area contributed by atoms with E-state index in [0.29, 0.717) is 6.42 Å². The molecule has 1 fully saturated rings. The van der Waals surface area contributed by atoms with Crippen molar-refractivity contribution in [3.05, 3.63) is 0 Å². The predicted molar refractivity (Wildman–Crippen MR) is 65.8 cm³/mol. The fourth-order valence-electron chi connectivity index (χ4n) is 1.44. The highest BCUT2D eigenvalue weighted by molar-refractivity contribution is 7.95. The van der Waals surface area contributed by atoms with Crippen molar-refractivity contribution in [3.63, 3.8) is 0 Å². The molecule has 1 rings (SSSR count). The number of rotatable bonds is 6. The van der Waals surface area contributed by atoms with E-state index in [1.807, 2.05) is 0 Å². The largest absolute Gasteiger partial charge is 0.370 e. The van der Waals surface area contributed by atoms with Crippen LogP contribution in [0.15, 0.2) is 0 Å². The van der Waals surface area contributed by atoms with Crippen molar-refractivity contribution >= 4 is 25.8 Å². The first-order valence-corrected chi connectivity index (χ1v) is 9.00. The normalized spacial score (nSPS) is 29.1. The first-order valence-electron chi connectivity index (χ1n) is 5.12. The van der Waals surface area contributed by atoms with E-state index in [-0.39, 0.29) is 25.4 Å². The van der Waals surface area contributed by atoms with E-state index in [9.17, 15) is 12.6 Å². The molecule has 102 valence electrons. The highest BCUT2D eigenvalue weighted by Gasteiger charge is 2.27. The minimum atomic E-state index is -3.43. The van der Waals surface area contributed by atoms with Gasteiger partial charge in [-0.2, -0.15) is 8.42 Å². The topological polar surface area (TPSA) is 78.9 Å². The lowest BCUT2D eigenvalue weighted by molar-refractivity contribution is 0.00102. The van der Waals surface area contributed by atoms with Crippen molar-refractivity contribution in [1.82, 2.24) is 0 Å². The molecule has 1 aliphatic rings. The van der Waals surface area contributed by atoms with Crippen molar-refractivity contribution in [2.24, 2.45) is 0 Å². The fourth-order valence-corrected chi connectivity index (χ4v) is 2.28. The van der Waals surface area contributed by atoms with Gasteiger partial charge in [0.2, 0.25) is 0 Å². The lowest BCUT2D eigenvalue weighted by Gasteiger charge is -2.13. The minimum absolute atomic E-state index is 0.0151. The van der Waals surface area contributed by atoms with Crippen molar-refractivity contribution in [2.45, 2.75) is 25.0 Å². The van der Waals surface area contributed by atoms with Gasteiger partial charge in [-0.3, -0.25) is 8.37 Å². The zero-order chi connectivity index (χ0) is 13.1. The van der Waals surface area contributed by atoms with E-state index >= 15 is 0 Å². The zero-order valence-corrected chi connectivity index (χ0v) is 11.6. The van der Waals surface area contributed by atoms with Gasteiger partial charge in [-0.05, 0) is 18.7 Å². The average molecular weight is 286 g/mol. The van der Waals surface area contributed by atoms with E-state index in [1.165, 1.54) is 6.26 Å². The summed E-state index contributed by atoms with van der Waals surface area (Å²) in [5, 5.41) is 0. The van der Waals surface area contributed by atoms with E-state index < -0.39 is 19.9 Å². The molecule has 3 atom stereocenters. The van der Waals surface area contributed by atoms with Gasteiger partial charge in [0.15, 0.2) is 0 Å². The van der Waals surface area contributed by atoms with Gasteiger partial charge in [-0.1, -0.05) is 0 Å². The molecule has 0 spiro atoms. The van der Waals surface area contributed by atoms with Gasteiger partial charge in [0.05, 0.1) is 41.5 Å². The molecule has 1 aliphatic heterocycles. The van der Waals surface area contributed by atoms with Crippen LogP contribution in [0.1, 0.15) is 12.8 Å². The Morgan fingerprint density at radius 2 is 1.59 bits per heavy atom. The molecule has 17 heavy (non-hydrogen) atoms. The molecule has 0 aromatic rings. The van der Waals surface area contributed by atoms with Crippen molar-refractivity contribution in [3.8, 4) is 0 Å². The second kappa shape index (κ2) is 5.66. The third-order valence-corrected chi connectivity index (χ3v) is 3.37. The molecule has 3 unspecified atom stereocenters. The molecule has 0 saturated carbocycles. The summed E-state index contributed by atoms with van der Waals surface area (Å²) in [4.78, 5) is 0. The van der Waals surface area contributed by atoms with Crippen LogP contribution in [0.5, 0.6) is 0 Å². The van der Waals surface area contributed by atoms with Gasteiger partial charge in [0.1, 0.15) is 0 Å². The van der Waals surface area contributed by atoms with Crippen molar-refractivity contribution < 1.29 is 25.7 Å². The maximum Gasteiger partial charge on any atom is 0.264 e. The van der Waals surface area contributed by atoms with E-state index in [0.717, 1.165) is 12.7 Å². The Morgan fingerprint density at radius 3 is 2.00 bits per heavy atom. The minimum Gasteiger partial charge on any atom is -0.370 e. The first-order chi connectivity index (χ1) is 7.66. The van der Waals surface area contributed by atoms with Gasteiger partial charge in [0, 0.05) is 6.26 Å². The van der Waals surface area contributed by atoms with Gasteiger partial charge in [0.25, 0.3) is 10.1 Å². The van der Waals surface area contributed by atoms with Crippen LogP contribution in [0.3, 0.4) is 0 Å². The Balaban J connectivity index is 2.28. The van der Waals surface area contributed by atoms with Crippen molar-refractivity contribution in [2.75, 3.05) is 25.7 Å². The van der Waals surface area contributed by atoms with Crippen LogP contribution < -0.4 is 0 Å². The molecule has 0 amide bonds. The molecule has 0 aromatic carbocycles. The van der Waals surface area contributed by atoms with E-state index in [2.05, 4.69) is 10.1 Å². The molecule has 6 nitrogen and oxygen atoms in total. The Hall–Kier alpha value is -0.150. The second-order valence-corrected chi connectivity index (χ2v) is 7.89. The second-order valence-electron chi connectivity index (χ2n) is 4.16. The maximum absolute atomic E-state index is 11.2. The number of hydrogen-bond donors (Lipinski definition) is 0. The SMILES string of the molecule is C=S(C)(=O)OCC1CCC(COS(C)(=O)=O)O1. The lowest BCUT2D eigenvalue weighted by Crippen LogP contribution is -2.22. The molecule has 0 radical (unpaired) electrons. The summed E-state index contributed by atoms with van der Waals surface area (Å²) < 4.78 is 47.9. The zero-order valence-electron chi connectivity index (χ0n) is 9.96. The highest BCUT2D eigenvalue weighted by Crippen LogP contribution is 2.20. The Bertz CT molecular complexity index is 396. The predicted octanol–water partition coefficient (Wildman–Crippen LogP) is -0.212. The molecule has 0 aromatic heterocycles. The smallest absolute Gasteiger partial charge is 0.264 e. The van der Waals surface area contributed by atoms with Crippen LogP contribution in [0, 0.1) is 0 Å². The van der Waals surface area contributed by atoms with Crippen LogP contribution in [-0.4, -0.2) is 56.4 Å². The van der Waals surface area contributed by atoms with Crippen LogP contribution in [0.25, 0.3) is 0 Å². The average Bonchev–Trinajstić information content (AvgIpc) is 2.57. The molecule has 0 aliphatic carbocycles. The summed E-state index contributed by atoms with van der Waals surface area (Å²) >= 11 is 0. The Morgan fingerprint density at radius 1 is 1.12 bits per heavy atom. The summed E-state index contributed by atoms with van der Waals surface area (Å²) in [7, 11) is -5.90. The fraction of sp³-hybridized carbons (Fsp3) is 0.889.